The molecule has 5 nitrogen and oxygen atoms in total. The van der Waals surface area contributed by atoms with Crippen LogP contribution in [0.1, 0.15) is 13.8 Å². The lowest BCUT2D eigenvalue weighted by molar-refractivity contribution is -0.150. The van der Waals surface area contributed by atoms with Crippen molar-refractivity contribution in [3.63, 3.8) is 0 Å². The summed E-state index contributed by atoms with van der Waals surface area (Å²) in [4.78, 5) is 11.7. The first kappa shape index (κ1) is 18.2. The highest BCUT2D eigenvalue weighted by atomic mass is 35.5. The molecule has 0 fully saturated rings. The zero-order chi connectivity index (χ0) is 17.1. The van der Waals surface area contributed by atoms with Crippen molar-refractivity contribution in [1.82, 2.24) is 9.78 Å². The Kier molecular flexibility index (Phi) is 6.03. The highest BCUT2D eigenvalue weighted by molar-refractivity contribution is 6.48. The zero-order valence-corrected chi connectivity index (χ0v) is 15.2. The lowest BCUT2D eigenvalue weighted by atomic mass is 10.3. The average molecular weight is 398 g/mol. The Morgan fingerprint density at radius 1 is 1.22 bits per heavy atom. The van der Waals surface area contributed by atoms with Crippen molar-refractivity contribution in [1.29, 1.82) is 0 Å². The number of carbonyl (C=O) groups excluding carboxylic acids is 1. The smallest absolute Gasteiger partial charge is 0.347 e. The number of hydrogen-bond acceptors (Lipinski definition) is 4. The van der Waals surface area contributed by atoms with Crippen LogP contribution in [-0.2, 0) is 9.53 Å². The Balaban J connectivity index is 2.40. The minimum absolute atomic E-state index is 0.146. The lowest BCUT2D eigenvalue weighted by Crippen LogP contribution is -2.27. The fourth-order valence-corrected chi connectivity index (χ4v) is 2.53. The van der Waals surface area contributed by atoms with Crippen molar-refractivity contribution in [3.05, 3.63) is 38.4 Å². The van der Waals surface area contributed by atoms with Crippen molar-refractivity contribution in [2.75, 3.05) is 6.61 Å². The van der Waals surface area contributed by atoms with Crippen LogP contribution in [-0.4, -0.2) is 28.5 Å². The van der Waals surface area contributed by atoms with Gasteiger partial charge in [0.15, 0.2) is 6.10 Å². The van der Waals surface area contributed by atoms with Crippen LogP contribution in [0.3, 0.4) is 0 Å². The number of benzene rings is 1. The molecule has 1 heterocycles. The van der Waals surface area contributed by atoms with Gasteiger partial charge in [0, 0.05) is 0 Å². The maximum atomic E-state index is 11.7. The number of rotatable bonds is 5. The quantitative estimate of drug-likeness (QED) is 0.536. The minimum atomic E-state index is -0.871. The van der Waals surface area contributed by atoms with Crippen LogP contribution in [0.4, 0.5) is 0 Å². The number of aromatic nitrogens is 2. The van der Waals surface area contributed by atoms with E-state index in [9.17, 15) is 4.79 Å². The molecule has 124 valence electrons. The first-order valence-electron chi connectivity index (χ1n) is 6.57. The second-order valence-corrected chi connectivity index (χ2v) is 5.99. The van der Waals surface area contributed by atoms with Gasteiger partial charge in [0.1, 0.15) is 5.02 Å². The predicted octanol–water partition coefficient (Wildman–Crippen LogP) is 4.82. The monoisotopic (exact) mass is 396 g/mol. The first-order valence-corrected chi connectivity index (χ1v) is 8.08. The van der Waals surface area contributed by atoms with E-state index in [1.54, 1.807) is 26.0 Å². The number of halogens is 4. The molecule has 1 unspecified atom stereocenters. The van der Waals surface area contributed by atoms with Crippen LogP contribution in [0.25, 0.3) is 5.69 Å². The Labute approximate surface area is 153 Å². The molecule has 0 saturated heterocycles. The number of nitrogens with zero attached hydrogens (tertiary/aromatic N) is 2. The highest BCUT2D eigenvalue weighted by Crippen LogP contribution is 2.37. The van der Waals surface area contributed by atoms with Crippen LogP contribution < -0.4 is 4.74 Å². The molecule has 0 N–H and O–H groups in total. The highest BCUT2D eigenvalue weighted by Gasteiger charge is 2.23. The van der Waals surface area contributed by atoms with Gasteiger partial charge >= 0.3 is 5.97 Å². The molecule has 1 aromatic carbocycles. The summed E-state index contributed by atoms with van der Waals surface area (Å²) in [5.74, 6) is -0.371. The van der Waals surface area contributed by atoms with Gasteiger partial charge in [0.25, 0.3) is 0 Å². The van der Waals surface area contributed by atoms with Crippen LogP contribution in [0.15, 0.2) is 18.3 Å². The molecule has 0 bridgehead atoms. The van der Waals surface area contributed by atoms with E-state index in [0.29, 0.717) is 10.7 Å². The molecular weight excluding hydrogens is 386 g/mol. The summed E-state index contributed by atoms with van der Waals surface area (Å²) >= 11 is 24.2. The van der Waals surface area contributed by atoms with Crippen LogP contribution in [0, 0.1) is 0 Å². The summed E-state index contributed by atoms with van der Waals surface area (Å²) in [6.07, 6.45) is 0.498. The van der Waals surface area contributed by atoms with E-state index in [0.717, 1.165) is 0 Å². The van der Waals surface area contributed by atoms with E-state index in [1.807, 2.05) is 0 Å². The molecule has 1 aromatic heterocycles. The van der Waals surface area contributed by atoms with Gasteiger partial charge in [-0.05, 0) is 26.0 Å². The number of ether oxygens (including phenoxy) is 2. The number of hydrogen-bond donors (Lipinski definition) is 0. The molecule has 0 aliphatic heterocycles. The van der Waals surface area contributed by atoms with Gasteiger partial charge in [0.05, 0.1) is 33.6 Å². The van der Waals surface area contributed by atoms with Crippen LogP contribution >= 0.6 is 46.4 Å². The molecular formula is C14H12Cl4N2O3. The van der Waals surface area contributed by atoms with Gasteiger partial charge in [-0.25, -0.2) is 4.79 Å². The fraction of sp³-hybridized carbons (Fsp3) is 0.286. The van der Waals surface area contributed by atoms with Crippen LogP contribution in [0.2, 0.25) is 20.1 Å². The molecule has 9 heteroatoms. The van der Waals surface area contributed by atoms with Gasteiger partial charge in [0.2, 0.25) is 5.88 Å². The van der Waals surface area contributed by atoms with Gasteiger partial charge < -0.3 is 9.47 Å². The van der Waals surface area contributed by atoms with Gasteiger partial charge in [-0.1, -0.05) is 46.4 Å². The molecule has 2 rings (SSSR count). The third-order valence-corrected chi connectivity index (χ3v) is 4.38. The van der Waals surface area contributed by atoms with Crippen molar-refractivity contribution < 1.29 is 14.3 Å². The summed E-state index contributed by atoms with van der Waals surface area (Å²) in [6.45, 7) is 3.50. The van der Waals surface area contributed by atoms with E-state index in [2.05, 4.69) is 5.10 Å². The third kappa shape index (κ3) is 3.86. The van der Waals surface area contributed by atoms with Gasteiger partial charge in [-0.2, -0.15) is 9.78 Å². The molecule has 0 aliphatic rings. The van der Waals surface area contributed by atoms with E-state index >= 15 is 0 Å². The Bertz CT molecular complexity index is 733. The molecule has 0 aliphatic carbocycles. The second-order valence-electron chi connectivity index (χ2n) is 4.42. The third-order valence-electron chi connectivity index (χ3n) is 2.83. The topological polar surface area (TPSA) is 53.4 Å². The Morgan fingerprint density at radius 2 is 1.91 bits per heavy atom. The Morgan fingerprint density at radius 3 is 2.57 bits per heavy atom. The lowest BCUT2D eigenvalue weighted by Gasteiger charge is -2.16. The van der Waals surface area contributed by atoms with Gasteiger partial charge in [-0.15, -0.1) is 0 Å². The first-order chi connectivity index (χ1) is 10.9. The SMILES string of the molecule is CCOC(=O)C(C)Oc1c(Cl)cnn1-c1ccc(Cl)c(Cl)c1Cl. The summed E-state index contributed by atoms with van der Waals surface area (Å²) in [5.41, 5.74) is 0.416. The molecule has 0 spiro atoms. The Hall–Kier alpha value is -1.14. The van der Waals surface area contributed by atoms with Crippen molar-refractivity contribution >= 4 is 52.4 Å². The normalized spacial score (nSPS) is 12.1. The van der Waals surface area contributed by atoms with Gasteiger partial charge in [-0.3, -0.25) is 0 Å². The van der Waals surface area contributed by atoms with Crippen molar-refractivity contribution in [2.45, 2.75) is 20.0 Å². The molecule has 2 aromatic rings. The molecule has 0 saturated carbocycles. The molecule has 0 amide bonds. The standard InChI is InChI=1S/C14H12Cl4N2O3/c1-3-22-14(21)7(2)23-13-9(16)6-19-20(13)10-5-4-8(15)11(17)12(10)18/h4-7H,3H2,1-2H3. The van der Waals surface area contributed by atoms with Crippen molar-refractivity contribution in [3.8, 4) is 11.6 Å². The number of esters is 1. The summed E-state index contributed by atoms with van der Waals surface area (Å²) < 4.78 is 11.8. The second kappa shape index (κ2) is 7.62. The molecule has 1 atom stereocenters. The predicted molar refractivity (Wildman–Crippen MR) is 90.3 cm³/mol. The fourth-order valence-electron chi connectivity index (χ4n) is 1.75. The van der Waals surface area contributed by atoms with Crippen molar-refractivity contribution in [2.24, 2.45) is 0 Å². The van der Waals surface area contributed by atoms with E-state index in [-0.39, 0.29) is 27.6 Å². The largest absolute Gasteiger partial charge is 0.463 e. The summed E-state index contributed by atoms with van der Waals surface area (Å²) in [5, 5.41) is 4.99. The minimum Gasteiger partial charge on any atom is -0.463 e. The molecule has 23 heavy (non-hydrogen) atoms. The van der Waals surface area contributed by atoms with E-state index < -0.39 is 12.1 Å². The summed E-state index contributed by atoms with van der Waals surface area (Å²) in [7, 11) is 0. The maximum absolute atomic E-state index is 11.7. The molecule has 0 radical (unpaired) electrons. The number of carbonyl (C=O) groups is 1. The van der Waals surface area contributed by atoms with E-state index in [1.165, 1.54) is 10.9 Å². The summed E-state index contributed by atoms with van der Waals surface area (Å²) in [6, 6.07) is 3.18. The van der Waals surface area contributed by atoms with Crippen LogP contribution in [0.5, 0.6) is 5.88 Å². The average Bonchev–Trinajstić information content (AvgIpc) is 2.86. The zero-order valence-electron chi connectivity index (χ0n) is 12.1. The maximum Gasteiger partial charge on any atom is 0.347 e. The van der Waals surface area contributed by atoms with E-state index in [4.69, 9.17) is 55.9 Å².